The van der Waals surface area contributed by atoms with E-state index in [0.29, 0.717) is 6.04 Å². The van der Waals surface area contributed by atoms with Gasteiger partial charge in [-0.3, -0.25) is 0 Å². The smallest absolute Gasteiger partial charge is 0.128 e. The van der Waals surface area contributed by atoms with Gasteiger partial charge in [-0.1, -0.05) is 15.9 Å². The Balaban J connectivity index is 2.02. The lowest BCUT2D eigenvalue weighted by Crippen LogP contribution is -2.60. The van der Waals surface area contributed by atoms with Crippen molar-refractivity contribution in [3.8, 4) is 5.75 Å². The summed E-state index contributed by atoms with van der Waals surface area (Å²) < 4.78 is 12.5. The van der Waals surface area contributed by atoms with E-state index >= 15 is 0 Å². The molecule has 1 aromatic carbocycles. The topological polar surface area (TPSA) is 30.5 Å². The summed E-state index contributed by atoms with van der Waals surface area (Å²) in [5, 5.41) is 3.23. The van der Waals surface area contributed by atoms with Gasteiger partial charge in [-0.25, -0.2) is 0 Å². The van der Waals surface area contributed by atoms with Crippen LogP contribution in [0.15, 0.2) is 22.7 Å². The Labute approximate surface area is 111 Å². The third kappa shape index (κ3) is 2.64. The van der Waals surface area contributed by atoms with Crippen molar-refractivity contribution in [2.75, 3.05) is 14.2 Å². The quantitative estimate of drug-likeness (QED) is 0.927. The van der Waals surface area contributed by atoms with Crippen molar-refractivity contribution in [1.29, 1.82) is 0 Å². The number of hydrogen-bond donors (Lipinski definition) is 1. The molecule has 2 rings (SSSR count). The van der Waals surface area contributed by atoms with Gasteiger partial charge in [-0.15, -0.1) is 0 Å². The van der Waals surface area contributed by atoms with Gasteiger partial charge in [0.15, 0.2) is 0 Å². The summed E-state index contributed by atoms with van der Waals surface area (Å²) in [7, 11) is 3.69. The van der Waals surface area contributed by atoms with Gasteiger partial charge in [-0.05, 0) is 37.7 Å². The van der Waals surface area contributed by atoms with Crippen LogP contribution in [0.5, 0.6) is 5.75 Å². The summed E-state index contributed by atoms with van der Waals surface area (Å²) in [6.07, 6.45) is 1.28. The fourth-order valence-electron chi connectivity index (χ4n) is 2.20. The molecule has 1 aliphatic carbocycles. The maximum absolute atomic E-state index is 5.99. The molecule has 3 nitrogen and oxygen atoms in total. The zero-order valence-corrected chi connectivity index (χ0v) is 12.0. The Morgan fingerprint density at radius 3 is 2.76 bits per heavy atom. The molecule has 0 aliphatic heterocycles. The van der Waals surface area contributed by atoms with E-state index < -0.39 is 0 Å². The minimum atomic E-state index is 0.142. The summed E-state index contributed by atoms with van der Waals surface area (Å²) >= 11 is 3.45. The highest BCUT2D eigenvalue weighted by atomic mass is 79.9. The minimum Gasteiger partial charge on any atom is -0.487 e. The number of aryl methyl sites for hydroxylation is 1. The molecule has 1 N–H and O–H groups in total. The Kier molecular flexibility index (Phi) is 4.07. The predicted molar refractivity (Wildman–Crippen MR) is 71.6 cm³/mol. The van der Waals surface area contributed by atoms with Crippen molar-refractivity contribution < 1.29 is 9.47 Å². The van der Waals surface area contributed by atoms with Crippen molar-refractivity contribution in [3.63, 3.8) is 0 Å². The number of halogens is 1. The molecular formula is C13H18BrNO2. The Morgan fingerprint density at radius 2 is 2.18 bits per heavy atom. The molecule has 1 saturated carbocycles. The standard InChI is InChI=1S/C13H18BrNO2/c1-8-6-9(14)4-5-11(8)17-12-7-10(15-2)13(12)16-3/h4-6,10,12-13,15H,7H2,1-3H3. The first-order chi connectivity index (χ1) is 8.15. The molecular weight excluding hydrogens is 282 g/mol. The van der Waals surface area contributed by atoms with Gasteiger partial charge in [-0.2, -0.15) is 0 Å². The monoisotopic (exact) mass is 299 g/mol. The van der Waals surface area contributed by atoms with Crippen LogP contribution in [-0.4, -0.2) is 32.4 Å². The van der Waals surface area contributed by atoms with Crippen molar-refractivity contribution in [3.05, 3.63) is 28.2 Å². The highest BCUT2D eigenvalue weighted by Crippen LogP contribution is 2.31. The lowest BCUT2D eigenvalue weighted by atomic mass is 9.85. The number of rotatable bonds is 4. The van der Waals surface area contributed by atoms with Gasteiger partial charge in [0.2, 0.25) is 0 Å². The second-order valence-corrected chi connectivity index (χ2v) is 5.31. The van der Waals surface area contributed by atoms with E-state index in [1.165, 1.54) is 0 Å². The van der Waals surface area contributed by atoms with E-state index in [9.17, 15) is 0 Å². The number of likely N-dealkylation sites (N-methyl/N-ethyl adjacent to an activating group) is 1. The average Bonchev–Trinajstić information content (AvgIpc) is 2.26. The summed E-state index contributed by atoms with van der Waals surface area (Å²) in [6, 6.07) is 6.46. The first kappa shape index (κ1) is 12.9. The van der Waals surface area contributed by atoms with E-state index in [2.05, 4.69) is 34.2 Å². The van der Waals surface area contributed by atoms with Crippen LogP contribution in [0.3, 0.4) is 0 Å². The maximum atomic E-state index is 5.99. The minimum absolute atomic E-state index is 0.142. The first-order valence-electron chi connectivity index (χ1n) is 5.78. The van der Waals surface area contributed by atoms with Gasteiger partial charge in [0, 0.05) is 24.0 Å². The van der Waals surface area contributed by atoms with Crippen LogP contribution in [0.1, 0.15) is 12.0 Å². The highest BCUT2D eigenvalue weighted by Gasteiger charge is 2.42. The summed E-state index contributed by atoms with van der Waals surface area (Å²) in [5.41, 5.74) is 1.14. The maximum Gasteiger partial charge on any atom is 0.128 e. The molecule has 3 unspecified atom stereocenters. The Bertz CT molecular complexity index is 397. The molecule has 0 heterocycles. The van der Waals surface area contributed by atoms with Gasteiger partial charge in [0.05, 0.1) is 0 Å². The molecule has 94 valence electrons. The molecule has 0 radical (unpaired) electrons. The molecule has 0 spiro atoms. The average molecular weight is 300 g/mol. The molecule has 17 heavy (non-hydrogen) atoms. The second kappa shape index (κ2) is 5.38. The Hall–Kier alpha value is -0.580. The molecule has 0 saturated heterocycles. The highest BCUT2D eigenvalue weighted by molar-refractivity contribution is 9.10. The van der Waals surface area contributed by atoms with Crippen LogP contribution in [-0.2, 0) is 4.74 Å². The van der Waals surface area contributed by atoms with Gasteiger partial charge < -0.3 is 14.8 Å². The summed E-state index contributed by atoms with van der Waals surface area (Å²) in [4.78, 5) is 0. The molecule has 4 heteroatoms. The van der Waals surface area contributed by atoms with Crippen molar-refractivity contribution in [1.82, 2.24) is 5.32 Å². The lowest BCUT2D eigenvalue weighted by molar-refractivity contribution is -0.0871. The molecule has 0 aromatic heterocycles. The lowest BCUT2D eigenvalue weighted by Gasteiger charge is -2.43. The third-order valence-electron chi connectivity index (χ3n) is 3.31. The van der Waals surface area contributed by atoms with Crippen LogP contribution in [0.4, 0.5) is 0 Å². The predicted octanol–water partition coefficient (Wildman–Crippen LogP) is 2.51. The fraction of sp³-hybridized carbons (Fsp3) is 0.538. The number of methoxy groups -OCH3 is 1. The Morgan fingerprint density at radius 1 is 1.41 bits per heavy atom. The van der Waals surface area contributed by atoms with Crippen LogP contribution >= 0.6 is 15.9 Å². The third-order valence-corrected chi connectivity index (χ3v) is 3.80. The summed E-state index contributed by atoms with van der Waals surface area (Å²) in [5.74, 6) is 0.940. The number of benzene rings is 1. The second-order valence-electron chi connectivity index (χ2n) is 4.40. The largest absolute Gasteiger partial charge is 0.487 e. The molecule has 0 amide bonds. The van der Waals surface area contributed by atoms with Gasteiger partial charge >= 0.3 is 0 Å². The number of ether oxygens (including phenoxy) is 2. The zero-order valence-electron chi connectivity index (χ0n) is 10.4. The van der Waals surface area contributed by atoms with E-state index in [1.54, 1.807) is 7.11 Å². The van der Waals surface area contributed by atoms with E-state index in [-0.39, 0.29) is 12.2 Å². The normalized spacial score (nSPS) is 27.6. The van der Waals surface area contributed by atoms with Gasteiger partial charge in [0.1, 0.15) is 18.0 Å². The van der Waals surface area contributed by atoms with Crippen LogP contribution in [0, 0.1) is 6.92 Å². The number of hydrogen-bond acceptors (Lipinski definition) is 3. The molecule has 1 aromatic rings. The van der Waals surface area contributed by atoms with Crippen molar-refractivity contribution in [2.45, 2.75) is 31.6 Å². The molecule has 0 bridgehead atoms. The van der Waals surface area contributed by atoms with Crippen molar-refractivity contribution >= 4 is 15.9 Å². The first-order valence-corrected chi connectivity index (χ1v) is 6.58. The summed E-state index contributed by atoms with van der Waals surface area (Å²) in [6.45, 7) is 2.05. The molecule has 1 aliphatic rings. The SMILES string of the molecule is CNC1CC(Oc2ccc(Br)cc2C)C1OC. The van der Waals surface area contributed by atoms with E-state index in [4.69, 9.17) is 9.47 Å². The van der Waals surface area contributed by atoms with Crippen LogP contribution in [0.25, 0.3) is 0 Å². The molecule has 1 fully saturated rings. The fourth-order valence-corrected chi connectivity index (χ4v) is 2.68. The van der Waals surface area contributed by atoms with Gasteiger partial charge in [0.25, 0.3) is 0 Å². The van der Waals surface area contributed by atoms with Crippen LogP contribution < -0.4 is 10.1 Å². The van der Waals surface area contributed by atoms with Crippen LogP contribution in [0.2, 0.25) is 0 Å². The zero-order chi connectivity index (χ0) is 12.4. The number of nitrogens with one attached hydrogen (secondary N) is 1. The van der Waals surface area contributed by atoms with Crippen molar-refractivity contribution in [2.24, 2.45) is 0 Å². The van der Waals surface area contributed by atoms with E-state index in [1.807, 2.05) is 19.2 Å². The molecule has 3 atom stereocenters. The van der Waals surface area contributed by atoms with E-state index in [0.717, 1.165) is 22.2 Å².